The van der Waals surface area contributed by atoms with E-state index in [9.17, 15) is 19.6 Å². The fraction of sp³-hybridized carbons (Fsp3) is 0.436. The molecule has 0 aromatic heterocycles. The number of amides is 2. The zero-order valence-corrected chi connectivity index (χ0v) is 32.4. The molecule has 2 fully saturated rings. The summed E-state index contributed by atoms with van der Waals surface area (Å²) in [7, 11) is 3.29. The number of ether oxygens (including phenoxy) is 3. The topological polar surface area (TPSA) is 133 Å². The van der Waals surface area contributed by atoms with E-state index in [-0.39, 0.29) is 44.6 Å². The molecule has 0 saturated carbocycles. The maximum absolute atomic E-state index is 16.0. The molecule has 0 radical (unpaired) electrons. The Bertz CT molecular complexity index is 1950. The molecule has 2 N–H and O–H groups in total. The summed E-state index contributed by atoms with van der Waals surface area (Å²) in [5.41, 5.74) is -2.19. The average molecular weight is 787 g/mol. The molecule has 0 bridgehead atoms. The van der Waals surface area contributed by atoms with Gasteiger partial charge in [-0.2, -0.15) is 5.26 Å². The monoisotopic (exact) mass is 785 g/mol. The number of piperazine rings is 1. The third-order valence-corrected chi connectivity index (χ3v) is 10.3. The molecule has 0 aliphatic carbocycles. The normalized spacial score (nSPS) is 22.2. The van der Waals surface area contributed by atoms with Crippen LogP contribution in [-0.2, 0) is 19.7 Å². The molecule has 11 nitrogen and oxygen atoms in total. The van der Waals surface area contributed by atoms with Gasteiger partial charge in [0.05, 0.1) is 35.5 Å². The molecule has 2 amide bonds. The van der Waals surface area contributed by atoms with Crippen LogP contribution in [0.25, 0.3) is 0 Å². The van der Waals surface area contributed by atoms with Crippen LogP contribution in [0.15, 0.2) is 54.6 Å². The van der Waals surface area contributed by atoms with Crippen molar-refractivity contribution in [1.82, 2.24) is 15.1 Å². The summed E-state index contributed by atoms with van der Waals surface area (Å²) in [5.74, 6) is -4.36. The lowest BCUT2D eigenvalue weighted by molar-refractivity contribution is -0.118. The lowest BCUT2D eigenvalue weighted by Gasteiger charge is -2.37. The summed E-state index contributed by atoms with van der Waals surface area (Å²) >= 11 is 12.4. The molecule has 0 spiro atoms. The number of hydrogen-bond donors (Lipinski definition) is 2. The van der Waals surface area contributed by atoms with Gasteiger partial charge in [0.15, 0.2) is 0 Å². The van der Waals surface area contributed by atoms with Crippen LogP contribution in [0, 0.1) is 28.4 Å². The van der Waals surface area contributed by atoms with Gasteiger partial charge in [0, 0.05) is 55.6 Å². The van der Waals surface area contributed by atoms with Crippen molar-refractivity contribution >= 4 is 46.9 Å². The molecule has 1 unspecified atom stereocenters. The lowest BCUT2D eigenvalue weighted by atomic mass is 9.62. The highest BCUT2D eigenvalue weighted by Crippen LogP contribution is 2.53. The van der Waals surface area contributed by atoms with Gasteiger partial charge in [-0.3, -0.25) is 4.79 Å². The number of carbonyl (C=O) groups is 3. The Morgan fingerprint density at radius 1 is 1.06 bits per heavy atom. The van der Waals surface area contributed by atoms with Crippen molar-refractivity contribution in [2.24, 2.45) is 5.41 Å². The van der Waals surface area contributed by atoms with E-state index in [0.717, 1.165) is 6.07 Å². The molecule has 5 atom stereocenters. The SMILES string of the molecule is COc1cc(C(=O)OC(C)OC(=O)N2CCN(C)CC2)ccc1NC(=O)[C@@H]1N[C@@H](CC(C)(C)C)[C@](C#N)(c2ccc(Cl)cc2F)[C@H]1c1cccc(Cl)c1F. The zero-order chi connectivity index (χ0) is 39.5. The van der Waals surface area contributed by atoms with Crippen molar-refractivity contribution in [2.45, 2.75) is 63.8 Å². The van der Waals surface area contributed by atoms with E-state index < -0.39 is 64.7 Å². The summed E-state index contributed by atoms with van der Waals surface area (Å²) in [6.07, 6.45) is -1.51. The molecular weight excluding hydrogens is 743 g/mol. The van der Waals surface area contributed by atoms with Gasteiger partial charge in [0.25, 0.3) is 0 Å². The summed E-state index contributed by atoms with van der Waals surface area (Å²) in [6.45, 7) is 9.59. The number of anilines is 1. The number of nitriles is 1. The third-order valence-electron chi connectivity index (χ3n) is 9.73. The Morgan fingerprint density at radius 3 is 2.39 bits per heavy atom. The van der Waals surface area contributed by atoms with Crippen molar-refractivity contribution < 1.29 is 37.4 Å². The molecule has 288 valence electrons. The van der Waals surface area contributed by atoms with Crippen molar-refractivity contribution in [3.8, 4) is 11.8 Å². The summed E-state index contributed by atoms with van der Waals surface area (Å²) in [6, 6.07) is 12.5. The highest BCUT2D eigenvalue weighted by atomic mass is 35.5. The number of likely N-dealkylation sites (N-methyl/N-ethyl adjacent to an activating group) is 1. The van der Waals surface area contributed by atoms with E-state index in [4.69, 9.17) is 37.4 Å². The Hall–Kier alpha value is -4.48. The first-order chi connectivity index (χ1) is 25.5. The minimum absolute atomic E-state index is 0.0390. The molecule has 2 saturated heterocycles. The van der Waals surface area contributed by atoms with Gasteiger partial charge in [0.1, 0.15) is 22.8 Å². The first-order valence-corrected chi connectivity index (χ1v) is 18.2. The van der Waals surface area contributed by atoms with Crippen LogP contribution >= 0.6 is 23.2 Å². The number of halogens is 4. The quantitative estimate of drug-likeness (QED) is 0.172. The van der Waals surface area contributed by atoms with Crippen LogP contribution in [0.1, 0.15) is 61.5 Å². The summed E-state index contributed by atoms with van der Waals surface area (Å²) in [4.78, 5) is 43.6. The number of hydrogen-bond acceptors (Lipinski definition) is 9. The molecule has 2 heterocycles. The van der Waals surface area contributed by atoms with Crippen molar-refractivity contribution in [3.05, 3.63) is 93.0 Å². The second-order valence-electron chi connectivity index (χ2n) is 14.7. The molecular formula is C39H43Cl2F2N5O6. The van der Waals surface area contributed by atoms with Crippen molar-refractivity contribution in [1.29, 1.82) is 5.26 Å². The Kier molecular flexibility index (Phi) is 12.4. The van der Waals surface area contributed by atoms with Crippen molar-refractivity contribution in [3.63, 3.8) is 0 Å². The lowest BCUT2D eigenvalue weighted by Crippen LogP contribution is -2.48. The number of esters is 1. The van der Waals surface area contributed by atoms with E-state index in [1.54, 1.807) is 0 Å². The smallest absolute Gasteiger partial charge is 0.412 e. The van der Waals surface area contributed by atoms with Gasteiger partial charge >= 0.3 is 12.1 Å². The van der Waals surface area contributed by atoms with Crippen LogP contribution in [0.5, 0.6) is 5.75 Å². The predicted octanol–water partition coefficient (Wildman–Crippen LogP) is 7.13. The highest BCUT2D eigenvalue weighted by Gasteiger charge is 2.61. The van der Waals surface area contributed by atoms with Crippen LogP contribution in [0.4, 0.5) is 19.3 Å². The van der Waals surface area contributed by atoms with Crippen LogP contribution in [-0.4, -0.2) is 86.5 Å². The van der Waals surface area contributed by atoms with Gasteiger partial charge in [-0.05, 0) is 60.8 Å². The highest BCUT2D eigenvalue weighted by molar-refractivity contribution is 6.31. The van der Waals surface area contributed by atoms with E-state index in [1.165, 1.54) is 67.5 Å². The zero-order valence-electron chi connectivity index (χ0n) is 30.8. The van der Waals surface area contributed by atoms with Gasteiger partial charge in [-0.15, -0.1) is 0 Å². The van der Waals surface area contributed by atoms with Crippen LogP contribution < -0.4 is 15.4 Å². The minimum Gasteiger partial charge on any atom is -0.495 e. The van der Waals surface area contributed by atoms with Gasteiger partial charge < -0.3 is 34.6 Å². The fourth-order valence-electron chi connectivity index (χ4n) is 7.14. The summed E-state index contributed by atoms with van der Waals surface area (Å²) in [5, 5.41) is 17.0. The second-order valence-corrected chi connectivity index (χ2v) is 15.6. The predicted molar refractivity (Wildman–Crippen MR) is 200 cm³/mol. The molecule has 2 aliphatic rings. The Morgan fingerprint density at radius 2 is 1.76 bits per heavy atom. The molecule has 3 aromatic carbocycles. The number of nitrogens with zero attached hydrogens (tertiary/aromatic N) is 3. The number of benzene rings is 3. The Labute approximate surface area is 323 Å². The number of methoxy groups -OCH3 is 1. The largest absolute Gasteiger partial charge is 0.495 e. The molecule has 15 heteroatoms. The maximum atomic E-state index is 16.0. The number of carbonyl (C=O) groups excluding carboxylic acids is 3. The first-order valence-electron chi connectivity index (χ1n) is 17.4. The molecule has 2 aliphatic heterocycles. The Balaban J connectivity index is 1.46. The molecule has 3 aromatic rings. The van der Waals surface area contributed by atoms with Gasteiger partial charge in [-0.1, -0.05) is 62.2 Å². The van der Waals surface area contributed by atoms with E-state index >= 15 is 8.78 Å². The van der Waals surface area contributed by atoms with Crippen LogP contribution in [0.2, 0.25) is 10.0 Å². The van der Waals surface area contributed by atoms with Crippen molar-refractivity contribution in [2.75, 3.05) is 45.7 Å². The van der Waals surface area contributed by atoms with Gasteiger partial charge in [0.2, 0.25) is 12.2 Å². The standard InChI is InChI=1S/C39H43Cl2F2N5O6/c1-22(54-37(51)48-16-14-47(5)15-17-48)53-36(50)23-10-13-29(30(18-23)52-6)45-35(49)34-32(25-8-7-9-27(41)33(25)43)39(21-44,31(46-34)20-38(2,3)4)26-12-11-24(40)19-28(26)42/h7-13,18-19,22,31-32,34,46H,14-17,20H2,1-6H3,(H,45,49)/t22?,31-,32-,34+,39-/m0/s1. The number of rotatable bonds is 9. The average Bonchev–Trinajstić information content (AvgIpc) is 3.42. The molecule has 5 rings (SSSR count). The van der Waals surface area contributed by atoms with Crippen LogP contribution in [0.3, 0.4) is 0 Å². The first kappa shape index (κ1) is 40.7. The van der Waals surface area contributed by atoms with E-state index in [2.05, 4.69) is 21.6 Å². The van der Waals surface area contributed by atoms with E-state index in [0.29, 0.717) is 26.2 Å². The second kappa shape index (κ2) is 16.5. The maximum Gasteiger partial charge on any atom is 0.412 e. The van der Waals surface area contributed by atoms with E-state index in [1.807, 2.05) is 27.8 Å². The molecule has 54 heavy (non-hydrogen) atoms. The summed E-state index contributed by atoms with van der Waals surface area (Å²) < 4.78 is 48.2. The van der Waals surface area contributed by atoms with Gasteiger partial charge in [-0.25, -0.2) is 18.4 Å². The number of nitrogens with one attached hydrogen (secondary N) is 2. The third kappa shape index (κ3) is 8.57. The fourth-order valence-corrected chi connectivity index (χ4v) is 7.48. The minimum atomic E-state index is -1.82.